The van der Waals surface area contributed by atoms with Gasteiger partial charge in [-0.3, -0.25) is 0 Å². The highest BCUT2D eigenvalue weighted by molar-refractivity contribution is 7.17. The second-order valence-corrected chi connectivity index (χ2v) is 3.94. The van der Waals surface area contributed by atoms with Gasteiger partial charge in [-0.1, -0.05) is 0 Å². The Morgan fingerprint density at radius 3 is 2.92 bits per heavy atom. The van der Waals surface area contributed by atoms with Crippen molar-refractivity contribution in [1.82, 2.24) is 0 Å². The summed E-state index contributed by atoms with van der Waals surface area (Å²) in [5, 5.41) is 21.7. The molecule has 1 aromatic heterocycles. The second kappa shape index (κ2) is 3.01. The predicted octanol–water partition coefficient (Wildman–Crippen LogP) is 2.41. The van der Waals surface area contributed by atoms with Crippen molar-refractivity contribution in [3.63, 3.8) is 0 Å². The van der Waals surface area contributed by atoms with Crippen LogP contribution in [0.4, 0.5) is 0 Å². The maximum atomic E-state index is 9.55. The quantitative estimate of drug-likeness (QED) is 0.731. The summed E-state index contributed by atoms with van der Waals surface area (Å²) in [5.41, 5.74) is 1.60. The van der Waals surface area contributed by atoms with Crippen LogP contribution in [0.15, 0.2) is 17.5 Å². The fourth-order valence-corrected chi connectivity index (χ4v) is 2.39. The van der Waals surface area contributed by atoms with E-state index in [1.807, 2.05) is 18.4 Å². The van der Waals surface area contributed by atoms with Crippen LogP contribution in [0.25, 0.3) is 10.1 Å². The number of aliphatic hydroxyl groups is 1. The van der Waals surface area contributed by atoms with Crippen LogP contribution >= 0.6 is 11.3 Å². The Labute approximate surface area is 80.1 Å². The lowest BCUT2D eigenvalue weighted by Crippen LogP contribution is -1.89. The van der Waals surface area contributed by atoms with Crippen molar-refractivity contribution < 1.29 is 10.2 Å². The lowest BCUT2D eigenvalue weighted by atomic mass is 10.0. The Balaban J connectivity index is 2.85. The lowest BCUT2D eigenvalue weighted by Gasteiger charge is -2.06. The van der Waals surface area contributed by atoms with E-state index in [4.69, 9.17) is 5.11 Å². The zero-order chi connectivity index (χ0) is 9.42. The lowest BCUT2D eigenvalue weighted by molar-refractivity contribution is 0.275. The molecule has 1 heterocycles. The van der Waals surface area contributed by atoms with Gasteiger partial charge in [0.15, 0.2) is 0 Å². The first-order chi connectivity index (χ1) is 6.24. The minimum Gasteiger partial charge on any atom is -0.508 e. The summed E-state index contributed by atoms with van der Waals surface area (Å²) >= 11 is 1.59. The third kappa shape index (κ3) is 1.20. The van der Waals surface area contributed by atoms with Gasteiger partial charge >= 0.3 is 0 Å². The van der Waals surface area contributed by atoms with Crippen LogP contribution in [0.5, 0.6) is 5.75 Å². The first-order valence-electron chi connectivity index (χ1n) is 4.03. The molecule has 0 saturated heterocycles. The summed E-state index contributed by atoms with van der Waals surface area (Å²) in [4.78, 5) is 0. The number of hydrogen-bond donors (Lipinski definition) is 2. The van der Waals surface area contributed by atoms with E-state index in [1.165, 1.54) is 0 Å². The second-order valence-electron chi connectivity index (χ2n) is 2.99. The van der Waals surface area contributed by atoms with Gasteiger partial charge in [-0.25, -0.2) is 0 Å². The molecule has 0 atom stereocenters. The first-order valence-corrected chi connectivity index (χ1v) is 4.91. The van der Waals surface area contributed by atoms with Crippen LogP contribution in [0.1, 0.15) is 11.1 Å². The topological polar surface area (TPSA) is 40.5 Å². The maximum Gasteiger partial charge on any atom is 0.122 e. The highest BCUT2D eigenvalue weighted by Gasteiger charge is 2.08. The number of benzene rings is 1. The summed E-state index contributed by atoms with van der Waals surface area (Å²) in [6.45, 7) is 1.81. The number of aryl methyl sites for hydroxylation is 1. The number of rotatable bonds is 1. The Hall–Kier alpha value is -1.06. The molecule has 13 heavy (non-hydrogen) atoms. The third-order valence-electron chi connectivity index (χ3n) is 2.29. The molecule has 2 nitrogen and oxygen atoms in total. The van der Waals surface area contributed by atoms with E-state index in [9.17, 15) is 5.11 Å². The zero-order valence-electron chi connectivity index (χ0n) is 7.24. The molecule has 0 aliphatic rings. The fourth-order valence-electron chi connectivity index (χ4n) is 1.51. The highest BCUT2D eigenvalue weighted by atomic mass is 32.1. The summed E-state index contributed by atoms with van der Waals surface area (Å²) < 4.78 is 1.06. The Bertz CT molecular complexity index is 445. The van der Waals surface area contributed by atoms with Crippen molar-refractivity contribution in [2.24, 2.45) is 0 Å². The average Bonchev–Trinajstić information content (AvgIpc) is 2.53. The zero-order valence-corrected chi connectivity index (χ0v) is 8.06. The molecule has 0 aliphatic carbocycles. The van der Waals surface area contributed by atoms with Gasteiger partial charge < -0.3 is 10.2 Å². The molecule has 0 unspecified atom stereocenters. The Morgan fingerprint density at radius 1 is 1.46 bits per heavy atom. The molecular formula is C10H10O2S. The third-order valence-corrected chi connectivity index (χ3v) is 3.15. The Kier molecular flexibility index (Phi) is 1.98. The van der Waals surface area contributed by atoms with E-state index in [-0.39, 0.29) is 12.4 Å². The highest BCUT2D eigenvalue weighted by Crippen LogP contribution is 2.32. The van der Waals surface area contributed by atoms with Crippen molar-refractivity contribution in [2.75, 3.05) is 0 Å². The fraction of sp³-hybridized carbons (Fsp3) is 0.200. The SMILES string of the molecule is Cc1c(CO)c(O)cc2sccc12. The van der Waals surface area contributed by atoms with Crippen LogP contribution in [0.3, 0.4) is 0 Å². The van der Waals surface area contributed by atoms with E-state index in [1.54, 1.807) is 17.4 Å². The number of hydrogen-bond acceptors (Lipinski definition) is 3. The molecule has 0 saturated carbocycles. The monoisotopic (exact) mass is 194 g/mol. The summed E-state index contributed by atoms with van der Waals surface area (Å²) in [6, 6.07) is 3.71. The number of aromatic hydroxyl groups is 1. The Morgan fingerprint density at radius 2 is 2.23 bits per heavy atom. The minimum atomic E-state index is -0.108. The molecule has 2 aromatic rings. The van der Waals surface area contributed by atoms with Gasteiger partial charge in [-0.2, -0.15) is 0 Å². The average molecular weight is 194 g/mol. The first kappa shape index (κ1) is 8.53. The normalized spacial score (nSPS) is 10.9. The molecule has 0 amide bonds. The van der Waals surface area contributed by atoms with Crippen molar-refractivity contribution in [3.8, 4) is 5.75 Å². The van der Waals surface area contributed by atoms with E-state index >= 15 is 0 Å². The molecule has 68 valence electrons. The van der Waals surface area contributed by atoms with Crippen LogP contribution in [-0.2, 0) is 6.61 Å². The van der Waals surface area contributed by atoms with Gasteiger partial charge in [0.25, 0.3) is 0 Å². The van der Waals surface area contributed by atoms with Crippen LogP contribution in [-0.4, -0.2) is 10.2 Å². The molecule has 0 radical (unpaired) electrons. The smallest absolute Gasteiger partial charge is 0.122 e. The maximum absolute atomic E-state index is 9.55. The van der Waals surface area contributed by atoms with Gasteiger partial charge in [-0.05, 0) is 35.4 Å². The van der Waals surface area contributed by atoms with E-state index in [0.717, 1.165) is 15.6 Å². The van der Waals surface area contributed by atoms with Crippen molar-refractivity contribution >= 4 is 21.4 Å². The van der Waals surface area contributed by atoms with Crippen LogP contribution in [0, 0.1) is 6.92 Å². The number of aliphatic hydroxyl groups excluding tert-OH is 1. The van der Waals surface area contributed by atoms with Gasteiger partial charge in [0.2, 0.25) is 0 Å². The molecule has 0 spiro atoms. The molecule has 2 N–H and O–H groups in total. The van der Waals surface area contributed by atoms with Crippen LogP contribution in [0.2, 0.25) is 0 Å². The summed E-state index contributed by atoms with van der Waals surface area (Å²) in [6.07, 6.45) is 0. The number of phenols is 1. The largest absolute Gasteiger partial charge is 0.508 e. The molecule has 2 rings (SSSR count). The number of fused-ring (bicyclic) bond motifs is 1. The minimum absolute atomic E-state index is 0.108. The molecule has 0 bridgehead atoms. The molecule has 0 aliphatic heterocycles. The van der Waals surface area contributed by atoms with E-state index in [2.05, 4.69) is 0 Å². The predicted molar refractivity (Wildman–Crippen MR) is 54.1 cm³/mol. The molecule has 0 fully saturated rings. The van der Waals surface area contributed by atoms with Gasteiger partial charge in [0.1, 0.15) is 5.75 Å². The number of thiophene rings is 1. The molecule has 1 aromatic carbocycles. The van der Waals surface area contributed by atoms with E-state index < -0.39 is 0 Å². The summed E-state index contributed by atoms with van der Waals surface area (Å²) in [5.74, 6) is 0.190. The van der Waals surface area contributed by atoms with Crippen LogP contribution < -0.4 is 0 Å². The molecule has 3 heteroatoms. The van der Waals surface area contributed by atoms with Gasteiger partial charge in [0, 0.05) is 10.3 Å². The summed E-state index contributed by atoms with van der Waals surface area (Å²) in [7, 11) is 0. The van der Waals surface area contributed by atoms with Gasteiger partial charge in [-0.15, -0.1) is 11.3 Å². The van der Waals surface area contributed by atoms with Crippen molar-refractivity contribution in [2.45, 2.75) is 13.5 Å². The van der Waals surface area contributed by atoms with Crippen molar-refractivity contribution in [1.29, 1.82) is 0 Å². The standard InChI is InChI=1S/C10H10O2S/c1-6-7-2-3-13-10(7)4-9(12)8(6)5-11/h2-4,11-12H,5H2,1H3. The van der Waals surface area contributed by atoms with Crippen molar-refractivity contribution in [3.05, 3.63) is 28.6 Å². The van der Waals surface area contributed by atoms with Gasteiger partial charge in [0.05, 0.1) is 6.61 Å². The van der Waals surface area contributed by atoms with E-state index in [0.29, 0.717) is 5.56 Å². The molecular weight excluding hydrogens is 184 g/mol.